The van der Waals surface area contributed by atoms with Gasteiger partial charge in [0.1, 0.15) is 0 Å². The molecule has 1 aliphatic carbocycles. The van der Waals surface area contributed by atoms with Gasteiger partial charge in [-0.25, -0.2) is 0 Å². The van der Waals surface area contributed by atoms with Crippen molar-refractivity contribution in [1.29, 1.82) is 0 Å². The number of aryl methyl sites for hydroxylation is 1. The fourth-order valence-corrected chi connectivity index (χ4v) is 7.77. The maximum absolute atomic E-state index is 2.59. The maximum atomic E-state index is 2.59. The predicted octanol–water partition coefficient (Wildman–Crippen LogP) is 9.10. The van der Waals surface area contributed by atoms with Crippen molar-refractivity contribution in [2.45, 2.75) is 19.4 Å². The molecular weight excluding hydrogens is 569 g/mol. The van der Waals surface area contributed by atoms with Crippen molar-refractivity contribution in [1.82, 2.24) is 0 Å². The third kappa shape index (κ3) is 4.52. The summed E-state index contributed by atoms with van der Waals surface area (Å²) in [5, 5.41) is 0. The van der Waals surface area contributed by atoms with Crippen LogP contribution in [-0.2, 0) is 0 Å². The molecule has 0 N–H and O–H groups in total. The van der Waals surface area contributed by atoms with Crippen LogP contribution in [0.1, 0.15) is 12.0 Å². The van der Waals surface area contributed by atoms with Gasteiger partial charge in [-0.3, -0.25) is 0 Å². The van der Waals surface area contributed by atoms with Crippen LogP contribution in [0.5, 0.6) is 0 Å². The first-order valence-electron chi connectivity index (χ1n) is 16.5. The van der Waals surface area contributed by atoms with Gasteiger partial charge in [0.2, 0.25) is 0 Å². The minimum absolute atomic E-state index is 0.113. The first kappa shape index (κ1) is 27.6. The topological polar surface area (TPSA) is 9.72 Å². The van der Waals surface area contributed by atoms with Crippen molar-refractivity contribution in [3.05, 3.63) is 175 Å². The Morgan fingerprint density at radius 1 is 0.574 bits per heavy atom. The molecule has 0 saturated heterocycles. The molecular formula is C43H34BN3. The standard InChI is InChI=1S/C43H34BN3/c1-31-25-27-37-41(29-31)46(34-19-10-4-11-20-34)39-23-14-24-40-43(39)44(37)38-28-26-36(30-42(38)47(40)35-21-12-5-13-22-35)45(32-15-6-2-7-16-32)33-17-8-3-9-18-33/h2-19,21-30,34H,20H2,1H3. The average molecular weight is 604 g/mol. The van der Waals surface area contributed by atoms with E-state index in [1.807, 2.05) is 0 Å². The van der Waals surface area contributed by atoms with Gasteiger partial charge < -0.3 is 14.7 Å². The van der Waals surface area contributed by atoms with Crippen molar-refractivity contribution in [3.63, 3.8) is 0 Å². The Labute approximate surface area is 277 Å². The predicted molar refractivity (Wildman–Crippen MR) is 200 cm³/mol. The van der Waals surface area contributed by atoms with Crippen LogP contribution in [0.2, 0.25) is 0 Å². The summed E-state index contributed by atoms with van der Waals surface area (Å²) < 4.78 is 0. The normalized spacial score (nSPS) is 15.6. The lowest BCUT2D eigenvalue weighted by atomic mass is 9.33. The van der Waals surface area contributed by atoms with E-state index in [-0.39, 0.29) is 12.8 Å². The molecule has 47 heavy (non-hydrogen) atoms. The van der Waals surface area contributed by atoms with Gasteiger partial charge in [0.05, 0.1) is 6.04 Å². The maximum Gasteiger partial charge on any atom is 0.252 e. The highest BCUT2D eigenvalue weighted by Gasteiger charge is 2.44. The number of para-hydroxylation sites is 3. The SMILES string of the molecule is Cc1ccc2c(c1)N(C1C=CC=CC1)c1cccc3c1B2c1ccc(N(c2ccccc2)c2ccccc2)cc1N3c1ccccc1. The fraction of sp³-hybridized carbons (Fsp3) is 0.0698. The zero-order chi connectivity index (χ0) is 31.3. The summed E-state index contributed by atoms with van der Waals surface area (Å²) in [6.07, 6.45) is 9.99. The van der Waals surface area contributed by atoms with Crippen LogP contribution in [0.3, 0.4) is 0 Å². The van der Waals surface area contributed by atoms with Gasteiger partial charge in [0.25, 0.3) is 6.71 Å². The molecule has 2 heterocycles. The highest BCUT2D eigenvalue weighted by Crippen LogP contribution is 2.44. The molecule has 224 valence electrons. The Hall–Kier alpha value is -5.74. The summed E-state index contributed by atoms with van der Waals surface area (Å²) in [5.74, 6) is 0. The van der Waals surface area contributed by atoms with Crippen LogP contribution in [0, 0.1) is 6.92 Å². The molecule has 9 rings (SSSR count). The van der Waals surface area contributed by atoms with E-state index >= 15 is 0 Å². The van der Waals surface area contributed by atoms with E-state index in [0.29, 0.717) is 0 Å². The molecule has 0 radical (unpaired) electrons. The summed E-state index contributed by atoms with van der Waals surface area (Å²) in [4.78, 5) is 7.43. The zero-order valence-electron chi connectivity index (χ0n) is 26.4. The van der Waals surface area contributed by atoms with Crippen molar-refractivity contribution in [2.24, 2.45) is 0 Å². The number of rotatable bonds is 5. The summed E-state index contributed by atoms with van der Waals surface area (Å²) >= 11 is 0. The number of benzene rings is 6. The fourth-order valence-electron chi connectivity index (χ4n) is 7.77. The molecule has 0 amide bonds. The summed E-state index contributed by atoms with van der Waals surface area (Å²) in [6, 6.07) is 53.5. The van der Waals surface area contributed by atoms with Gasteiger partial charge in [-0.05, 0) is 102 Å². The van der Waals surface area contributed by atoms with Crippen molar-refractivity contribution in [3.8, 4) is 0 Å². The van der Waals surface area contributed by atoms with E-state index in [9.17, 15) is 0 Å². The third-order valence-corrected chi connectivity index (χ3v) is 9.76. The van der Waals surface area contributed by atoms with Gasteiger partial charge in [-0.2, -0.15) is 0 Å². The van der Waals surface area contributed by atoms with Crippen LogP contribution in [0.15, 0.2) is 170 Å². The van der Waals surface area contributed by atoms with Crippen molar-refractivity contribution < 1.29 is 0 Å². The molecule has 6 aromatic rings. The van der Waals surface area contributed by atoms with Crippen LogP contribution >= 0.6 is 0 Å². The Bertz CT molecular complexity index is 2120. The number of hydrogen-bond donors (Lipinski definition) is 0. The Morgan fingerprint density at radius 2 is 1.23 bits per heavy atom. The minimum Gasteiger partial charge on any atom is -0.335 e. The Kier molecular flexibility index (Phi) is 6.60. The van der Waals surface area contributed by atoms with Gasteiger partial charge in [-0.15, -0.1) is 0 Å². The first-order valence-corrected chi connectivity index (χ1v) is 16.5. The van der Waals surface area contributed by atoms with Gasteiger partial charge >= 0.3 is 0 Å². The van der Waals surface area contributed by atoms with E-state index in [1.54, 1.807) is 0 Å². The van der Waals surface area contributed by atoms with Crippen molar-refractivity contribution in [2.75, 3.05) is 14.7 Å². The lowest BCUT2D eigenvalue weighted by molar-refractivity contribution is 0.786. The number of hydrogen-bond acceptors (Lipinski definition) is 3. The van der Waals surface area contributed by atoms with Crippen molar-refractivity contribution >= 4 is 68.6 Å². The molecule has 0 saturated carbocycles. The molecule has 4 heteroatoms. The molecule has 6 aromatic carbocycles. The molecule has 3 nitrogen and oxygen atoms in total. The zero-order valence-corrected chi connectivity index (χ0v) is 26.4. The first-order chi connectivity index (χ1) is 23.3. The van der Waals surface area contributed by atoms with Crippen LogP contribution in [0.25, 0.3) is 0 Å². The van der Waals surface area contributed by atoms with E-state index in [4.69, 9.17) is 0 Å². The second-order valence-electron chi connectivity index (χ2n) is 12.6. The molecule has 2 aliphatic heterocycles. The third-order valence-electron chi connectivity index (χ3n) is 9.76. The van der Waals surface area contributed by atoms with Gasteiger partial charge in [0.15, 0.2) is 0 Å². The smallest absolute Gasteiger partial charge is 0.252 e. The second-order valence-corrected chi connectivity index (χ2v) is 12.6. The average Bonchev–Trinajstić information content (AvgIpc) is 3.13. The number of fused-ring (bicyclic) bond motifs is 4. The highest BCUT2D eigenvalue weighted by atomic mass is 15.2. The molecule has 3 aliphatic rings. The van der Waals surface area contributed by atoms with Gasteiger partial charge in [-0.1, -0.05) is 103 Å². The molecule has 0 spiro atoms. The van der Waals surface area contributed by atoms with Crippen LogP contribution in [-0.4, -0.2) is 12.8 Å². The molecule has 1 unspecified atom stereocenters. The Morgan fingerprint density at radius 3 is 1.94 bits per heavy atom. The summed E-state index contributed by atoms with van der Waals surface area (Å²) in [6.45, 7) is 2.32. The number of allylic oxidation sites excluding steroid dienone is 2. The minimum atomic E-state index is 0.113. The lowest BCUT2D eigenvalue weighted by Gasteiger charge is -2.46. The largest absolute Gasteiger partial charge is 0.335 e. The number of anilines is 8. The molecule has 0 bridgehead atoms. The van der Waals surface area contributed by atoms with E-state index in [0.717, 1.165) is 29.2 Å². The van der Waals surface area contributed by atoms with E-state index in [2.05, 4.69) is 192 Å². The second kappa shape index (κ2) is 11.3. The summed E-state index contributed by atoms with van der Waals surface area (Å²) in [7, 11) is 0. The van der Waals surface area contributed by atoms with E-state index < -0.39 is 0 Å². The highest BCUT2D eigenvalue weighted by molar-refractivity contribution is 7.00. The quantitative estimate of drug-likeness (QED) is 0.182. The molecule has 1 atom stereocenters. The molecule has 0 aromatic heterocycles. The van der Waals surface area contributed by atoms with Gasteiger partial charge in [0, 0.05) is 45.5 Å². The molecule has 0 fully saturated rings. The van der Waals surface area contributed by atoms with Crippen LogP contribution < -0.4 is 31.1 Å². The monoisotopic (exact) mass is 603 g/mol. The summed E-state index contributed by atoms with van der Waals surface area (Å²) in [5.41, 5.74) is 14.9. The Balaban J connectivity index is 1.31. The van der Waals surface area contributed by atoms with E-state index in [1.165, 1.54) is 44.7 Å². The lowest BCUT2D eigenvalue weighted by Crippen LogP contribution is -2.62. The van der Waals surface area contributed by atoms with Crippen LogP contribution in [0.4, 0.5) is 45.5 Å². The number of nitrogens with zero attached hydrogens (tertiary/aromatic N) is 3.